The van der Waals surface area contributed by atoms with Crippen LogP contribution in [0, 0.1) is 11.3 Å². The van der Waals surface area contributed by atoms with E-state index in [2.05, 4.69) is 19.2 Å². The number of hydrogen-bond donors (Lipinski definition) is 1. The molecule has 0 spiro atoms. The molecule has 0 saturated heterocycles. The van der Waals surface area contributed by atoms with Gasteiger partial charge in [0.2, 0.25) is 0 Å². The molecule has 0 aromatic carbocycles. The minimum Gasteiger partial charge on any atom is -0.198 e. The molecule has 0 rings (SSSR count). The maximum atomic E-state index is 8.09. The van der Waals surface area contributed by atoms with Gasteiger partial charge < -0.3 is 0 Å². The lowest BCUT2D eigenvalue weighted by Gasteiger charge is -1.83. The number of nitriles is 1. The first-order valence-corrected chi connectivity index (χ1v) is 2.63. The third-order valence-corrected chi connectivity index (χ3v) is 0.878. The fourth-order valence-corrected chi connectivity index (χ4v) is 0.452. The zero-order valence-corrected chi connectivity index (χ0v) is 5.36. The van der Waals surface area contributed by atoms with E-state index in [0.717, 1.165) is 4.91 Å². The molecule has 0 aliphatic rings. The van der Waals surface area contributed by atoms with Crippen LogP contribution in [0.5, 0.6) is 0 Å². The summed E-state index contributed by atoms with van der Waals surface area (Å²) in [4.78, 5) is 0.752. The highest BCUT2D eigenvalue weighted by atomic mass is 32.1. The molecule has 8 heavy (non-hydrogen) atoms. The van der Waals surface area contributed by atoms with E-state index < -0.39 is 0 Å². The smallest absolute Gasteiger partial charge is 0.0675 e. The summed E-state index contributed by atoms with van der Waals surface area (Å²) >= 11 is 3.96. The van der Waals surface area contributed by atoms with Gasteiger partial charge in [0.25, 0.3) is 0 Å². The Bertz CT molecular complexity index is 141. The van der Waals surface area contributed by atoms with Crippen molar-refractivity contribution in [2.24, 2.45) is 0 Å². The second-order valence-corrected chi connectivity index (χ2v) is 1.80. The van der Waals surface area contributed by atoms with Crippen molar-refractivity contribution in [1.82, 2.24) is 0 Å². The van der Waals surface area contributed by atoms with E-state index in [-0.39, 0.29) is 0 Å². The van der Waals surface area contributed by atoms with E-state index in [9.17, 15) is 0 Å². The Morgan fingerprint density at radius 3 is 2.88 bits per heavy atom. The predicted octanol–water partition coefficient (Wildman–Crippen LogP) is 1.90. The van der Waals surface area contributed by atoms with Crippen molar-refractivity contribution in [3.8, 4) is 6.07 Å². The van der Waals surface area contributed by atoms with Crippen molar-refractivity contribution in [2.75, 3.05) is 0 Å². The van der Waals surface area contributed by atoms with Gasteiger partial charge in [0, 0.05) is 0 Å². The average molecular weight is 125 g/mol. The third kappa shape index (κ3) is 3.51. The summed E-state index contributed by atoms with van der Waals surface area (Å²) < 4.78 is 0. The van der Waals surface area contributed by atoms with Crippen molar-refractivity contribution in [3.63, 3.8) is 0 Å². The standard InChI is InChI=1S/C6H7NS/c1-2-3-6(8)4-5-7/h2-3,8H,1,4H2/b6-3-. The van der Waals surface area contributed by atoms with Gasteiger partial charge in [-0.1, -0.05) is 18.7 Å². The van der Waals surface area contributed by atoms with Crippen molar-refractivity contribution < 1.29 is 0 Å². The van der Waals surface area contributed by atoms with Crippen LogP contribution >= 0.6 is 12.6 Å². The van der Waals surface area contributed by atoms with Gasteiger partial charge in [0.05, 0.1) is 12.5 Å². The Labute approximate surface area is 54.7 Å². The molecule has 0 heterocycles. The van der Waals surface area contributed by atoms with Crippen LogP contribution < -0.4 is 0 Å². The lowest BCUT2D eigenvalue weighted by Crippen LogP contribution is -1.64. The predicted molar refractivity (Wildman–Crippen MR) is 37.5 cm³/mol. The van der Waals surface area contributed by atoms with Crippen molar-refractivity contribution in [3.05, 3.63) is 23.6 Å². The summed E-state index contributed by atoms with van der Waals surface area (Å²) in [7, 11) is 0. The summed E-state index contributed by atoms with van der Waals surface area (Å²) in [5.41, 5.74) is 0. The molecule has 0 fully saturated rings. The Hall–Kier alpha value is -0.680. The fourth-order valence-electron chi connectivity index (χ4n) is 0.276. The van der Waals surface area contributed by atoms with Crippen LogP contribution in [0.4, 0.5) is 0 Å². The van der Waals surface area contributed by atoms with E-state index in [0.29, 0.717) is 6.42 Å². The summed E-state index contributed by atoms with van der Waals surface area (Å²) in [6.07, 6.45) is 3.68. The van der Waals surface area contributed by atoms with E-state index in [1.54, 1.807) is 12.2 Å². The quantitative estimate of drug-likeness (QED) is 0.442. The first kappa shape index (κ1) is 7.32. The molecule has 0 unspecified atom stereocenters. The molecule has 0 saturated carbocycles. The largest absolute Gasteiger partial charge is 0.198 e. The van der Waals surface area contributed by atoms with Gasteiger partial charge >= 0.3 is 0 Å². The number of nitrogens with zero attached hydrogens (tertiary/aromatic N) is 1. The number of allylic oxidation sites excluding steroid dienone is 3. The van der Waals surface area contributed by atoms with Gasteiger partial charge in [-0.2, -0.15) is 5.26 Å². The molecule has 0 N–H and O–H groups in total. The lowest BCUT2D eigenvalue weighted by molar-refractivity contribution is 1.33. The summed E-state index contributed by atoms with van der Waals surface area (Å²) in [5, 5.41) is 8.09. The number of rotatable bonds is 2. The average Bonchev–Trinajstić information content (AvgIpc) is 1.68. The minimum absolute atomic E-state index is 0.370. The second kappa shape index (κ2) is 4.48. The molecule has 0 radical (unpaired) electrons. The van der Waals surface area contributed by atoms with Crippen molar-refractivity contribution >= 4 is 12.6 Å². The molecule has 0 atom stereocenters. The van der Waals surface area contributed by atoms with Gasteiger partial charge in [-0.25, -0.2) is 0 Å². The number of thiol groups is 1. The number of hydrogen-bond acceptors (Lipinski definition) is 2. The van der Waals surface area contributed by atoms with E-state index >= 15 is 0 Å². The topological polar surface area (TPSA) is 23.8 Å². The zero-order chi connectivity index (χ0) is 6.41. The van der Waals surface area contributed by atoms with E-state index in [4.69, 9.17) is 5.26 Å². The van der Waals surface area contributed by atoms with Crippen LogP contribution in [-0.4, -0.2) is 0 Å². The second-order valence-electron chi connectivity index (χ2n) is 1.23. The Morgan fingerprint density at radius 1 is 1.88 bits per heavy atom. The highest BCUT2D eigenvalue weighted by Crippen LogP contribution is 2.03. The normalized spacial score (nSPS) is 10.2. The molecular formula is C6H7NS. The van der Waals surface area contributed by atoms with Gasteiger partial charge in [-0.05, 0) is 4.91 Å². The highest BCUT2D eigenvalue weighted by Gasteiger charge is 1.81. The van der Waals surface area contributed by atoms with Crippen LogP contribution in [0.2, 0.25) is 0 Å². The lowest BCUT2D eigenvalue weighted by atomic mass is 10.4. The van der Waals surface area contributed by atoms with Crippen LogP contribution in [0.3, 0.4) is 0 Å². The van der Waals surface area contributed by atoms with Crippen molar-refractivity contribution in [1.29, 1.82) is 5.26 Å². The Morgan fingerprint density at radius 2 is 2.50 bits per heavy atom. The van der Waals surface area contributed by atoms with Crippen LogP contribution in [0.15, 0.2) is 23.6 Å². The van der Waals surface area contributed by atoms with Crippen LogP contribution in [-0.2, 0) is 0 Å². The molecule has 42 valence electrons. The molecule has 0 bridgehead atoms. The molecule has 0 aliphatic heterocycles. The summed E-state index contributed by atoms with van der Waals surface area (Å²) in [6, 6.07) is 1.96. The maximum absolute atomic E-state index is 8.09. The molecule has 0 aliphatic carbocycles. The monoisotopic (exact) mass is 125 g/mol. The van der Waals surface area contributed by atoms with Gasteiger partial charge in [-0.3, -0.25) is 0 Å². The molecule has 0 aromatic rings. The first-order valence-electron chi connectivity index (χ1n) is 2.18. The zero-order valence-electron chi connectivity index (χ0n) is 4.46. The van der Waals surface area contributed by atoms with E-state index in [1.165, 1.54) is 0 Å². The van der Waals surface area contributed by atoms with Crippen molar-refractivity contribution in [2.45, 2.75) is 6.42 Å². The Kier molecular flexibility index (Phi) is 4.10. The minimum atomic E-state index is 0.370. The first-order chi connectivity index (χ1) is 3.81. The third-order valence-electron chi connectivity index (χ3n) is 0.570. The van der Waals surface area contributed by atoms with Crippen LogP contribution in [0.1, 0.15) is 6.42 Å². The molecule has 0 aromatic heterocycles. The van der Waals surface area contributed by atoms with Gasteiger partial charge in [-0.15, -0.1) is 12.6 Å². The fraction of sp³-hybridized carbons (Fsp3) is 0.167. The SMILES string of the molecule is C=C/C=C(\S)CC#N. The maximum Gasteiger partial charge on any atom is 0.0675 e. The summed E-state index contributed by atoms with van der Waals surface area (Å²) in [6.45, 7) is 3.45. The molecule has 2 heteroatoms. The van der Waals surface area contributed by atoms with Crippen LogP contribution in [0.25, 0.3) is 0 Å². The molecular weight excluding hydrogens is 118 g/mol. The molecule has 0 amide bonds. The van der Waals surface area contributed by atoms with Gasteiger partial charge in [0.15, 0.2) is 0 Å². The van der Waals surface area contributed by atoms with E-state index in [1.807, 2.05) is 6.07 Å². The Balaban J connectivity index is 3.65. The summed E-state index contributed by atoms with van der Waals surface area (Å²) in [5.74, 6) is 0. The van der Waals surface area contributed by atoms with Gasteiger partial charge in [0.1, 0.15) is 0 Å². The molecule has 1 nitrogen and oxygen atoms in total. The highest BCUT2D eigenvalue weighted by molar-refractivity contribution is 7.84.